The van der Waals surface area contributed by atoms with Crippen molar-refractivity contribution in [2.75, 3.05) is 6.26 Å². The summed E-state index contributed by atoms with van der Waals surface area (Å²) in [4.78, 5) is 12.1. The molecule has 0 aliphatic heterocycles. The van der Waals surface area contributed by atoms with Gasteiger partial charge in [-0.05, 0) is 60.8 Å². The van der Waals surface area contributed by atoms with E-state index in [1.54, 1.807) is 6.08 Å². The number of amides is 1. The molecule has 5 nitrogen and oxygen atoms in total. The van der Waals surface area contributed by atoms with Crippen LogP contribution in [0.25, 0.3) is 10.8 Å². The molecule has 0 aromatic heterocycles. The fraction of sp³-hybridized carbons (Fsp3) is 0.423. The SMILES string of the molecule is C[C@@H](N[C@H]1CCC[C@H](C2C=CC(C(=O)NS(C)(=O)=O)=CC2)C1)c1cccc2ccccc12. The van der Waals surface area contributed by atoms with Crippen LogP contribution in [-0.4, -0.2) is 26.6 Å². The molecule has 4 atom stereocenters. The van der Waals surface area contributed by atoms with Crippen LogP contribution in [0.4, 0.5) is 0 Å². The summed E-state index contributed by atoms with van der Waals surface area (Å²) in [6.45, 7) is 2.25. The smallest absolute Gasteiger partial charge is 0.264 e. The highest BCUT2D eigenvalue weighted by Crippen LogP contribution is 2.36. The first-order chi connectivity index (χ1) is 15.3. The second-order valence-electron chi connectivity index (χ2n) is 9.20. The van der Waals surface area contributed by atoms with Crippen molar-refractivity contribution in [3.63, 3.8) is 0 Å². The van der Waals surface area contributed by atoms with Crippen LogP contribution in [0.15, 0.2) is 66.3 Å². The molecule has 0 saturated heterocycles. The van der Waals surface area contributed by atoms with E-state index in [1.807, 2.05) is 10.8 Å². The Bertz CT molecular complexity index is 1150. The molecule has 2 aliphatic rings. The summed E-state index contributed by atoms with van der Waals surface area (Å²) in [5.41, 5.74) is 1.77. The lowest BCUT2D eigenvalue weighted by Crippen LogP contribution is -2.37. The van der Waals surface area contributed by atoms with Gasteiger partial charge in [0.15, 0.2) is 0 Å². The Morgan fingerprint density at radius 1 is 1.09 bits per heavy atom. The monoisotopic (exact) mass is 452 g/mol. The molecule has 2 aromatic carbocycles. The third-order valence-corrected chi connectivity index (χ3v) is 7.33. The molecule has 2 N–H and O–H groups in total. The molecule has 0 radical (unpaired) electrons. The molecule has 170 valence electrons. The first kappa shape index (κ1) is 22.7. The van der Waals surface area contributed by atoms with Crippen LogP contribution < -0.4 is 10.0 Å². The van der Waals surface area contributed by atoms with Crippen LogP contribution in [0.2, 0.25) is 0 Å². The van der Waals surface area contributed by atoms with Crippen molar-refractivity contribution in [1.82, 2.24) is 10.0 Å². The van der Waals surface area contributed by atoms with Crippen molar-refractivity contribution in [2.24, 2.45) is 11.8 Å². The van der Waals surface area contributed by atoms with Crippen molar-refractivity contribution in [3.05, 3.63) is 71.8 Å². The number of hydrogen-bond acceptors (Lipinski definition) is 4. The number of sulfonamides is 1. The van der Waals surface area contributed by atoms with Crippen LogP contribution in [0.5, 0.6) is 0 Å². The van der Waals surface area contributed by atoms with E-state index in [-0.39, 0.29) is 6.04 Å². The van der Waals surface area contributed by atoms with Gasteiger partial charge >= 0.3 is 0 Å². The second-order valence-corrected chi connectivity index (χ2v) is 11.0. The standard InChI is InChI=1S/C26H32N2O3S/c1-18(24-12-6-8-20-7-3-4-11-25(20)24)27-23-10-5-9-22(17-23)19-13-15-21(16-14-19)26(29)28-32(2,30)31/h3-4,6-8,11-13,15-16,18-19,22-23,27H,5,9-10,14,17H2,1-2H3,(H,28,29)/t18-,19?,22+,23+/m1/s1. The number of carbonyl (C=O) groups excluding carboxylic acids is 1. The zero-order valence-corrected chi connectivity index (χ0v) is 19.6. The first-order valence-corrected chi connectivity index (χ1v) is 13.3. The third kappa shape index (κ3) is 5.48. The maximum absolute atomic E-state index is 12.1. The quantitative estimate of drug-likeness (QED) is 0.670. The van der Waals surface area contributed by atoms with Crippen molar-refractivity contribution in [1.29, 1.82) is 0 Å². The van der Waals surface area contributed by atoms with E-state index in [2.05, 4.69) is 60.8 Å². The summed E-state index contributed by atoms with van der Waals surface area (Å²) in [6, 6.07) is 15.8. The van der Waals surface area contributed by atoms with Gasteiger partial charge in [0.1, 0.15) is 0 Å². The van der Waals surface area contributed by atoms with E-state index >= 15 is 0 Å². The van der Waals surface area contributed by atoms with Gasteiger partial charge in [0.25, 0.3) is 5.91 Å². The number of hydrogen-bond donors (Lipinski definition) is 2. The van der Waals surface area contributed by atoms with Gasteiger partial charge in [-0.2, -0.15) is 0 Å². The van der Waals surface area contributed by atoms with Crippen molar-refractivity contribution in [2.45, 2.75) is 51.1 Å². The van der Waals surface area contributed by atoms with Gasteiger partial charge in [0.05, 0.1) is 6.26 Å². The number of fused-ring (bicyclic) bond motifs is 1. The van der Waals surface area contributed by atoms with Crippen molar-refractivity contribution in [3.8, 4) is 0 Å². The van der Waals surface area contributed by atoms with Crippen LogP contribution >= 0.6 is 0 Å². The Morgan fingerprint density at radius 2 is 1.88 bits per heavy atom. The predicted octanol–water partition coefficient (Wildman–Crippen LogP) is 4.63. The van der Waals surface area contributed by atoms with E-state index in [1.165, 1.54) is 35.6 Å². The molecule has 2 aromatic rings. The molecule has 2 aliphatic carbocycles. The van der Waals surface area contributed by atoms with Crippen molar-refractivity contribution >= 4 is 26.7 Å². The lowest BCUT2D eigenvalue weighted by molar-refractivity contribution is -0.115. The molecule has 4 rings (SSSR count). The zero-order valence-electron chi connectivity index (χ0n) is 18.8. The largest absolute Gasteiger partial charge is 0.307 e. The highest BCUT2D eigenvalue weighted by Gasteiger charge is 2.29. The van der Waals surface area contributed by atoms with Crippen LogP contribution in [0.3, 0.4) is 0 Å². The Balaban J connectivity index is 1.37. The number of rotatable bonds is 6. The molecule has 32 heavy (non-hydrogen) atoms. The number of benzene rings is 2. The highest BCUT2D eigenvalue weighted by molar-refractivity contribution is 7.89. The minimum atomic E-state index is -3.54. The molecule has 1 fully saturated rings. The Morgan fingerprint density at radius 3 is 2.62 bits per heavy atom. The molecular weight excluding hydrogens is 420 g/mol. The van der Waals surface area contributed by atoms with Gasteiger partial charge in [-0.3, -0.25) is 4.79 Å². The van der Waals surface area contributed by atoms with E-state index < -0.39 is 15.9 Å². The fourth-order valence-electron chi connectivity index (χ4n) is 5.22. The number of carbonyl (C=O) groups is 1. The van der Waals surface area contributed by atoms with Gasteiger partial charge in [0.2, 0.25) is 10.0 Å². The van der Waals surface area contributed by atoms with Gasteiger partial charge in [-0.1, -0.05) is 67.1 Å². The van der Waals surface area contributed by atoms with E-state index in [0.717, 1.165) is 19.1 Å². The summed E-state index contributed by atoms with van der Waals surface area (Å²) < 4.78 is 24.7. The van der Waals surface area contributed by atoms with Crippen LogP contribution in [0, 0.1) is 11.8 Å². The molecule has 0 heterocycles. The number of nitrogens with one attached hydrogen (secondary N) is 2. The Kier molecular flexibility index (Phi) is 6.82. The van der Waals surface area contributed by atoms with Crippen LogP contribution in [-0.2, 0) is 14.8 Å². The second kappa shape index (κ2) is 9.59. The maximum Gasteiger partial charge on any atom is 0.264 e. The summed E-state index contributed by atoms with van der Waals surface area (Å²) in [5.74, 6) is 0.407. The van der Waals surface area contributed by atoms with E-state index in [4.69, 9.17) is 0 Å². The molecule has 1 unspecified atom stereocenters. The topological polar surface area (TPSA) is 75.3 Å². The normalized spacial score (nSPS) is 24.7. The minimum absolute atomic E-state index is 0.276. The molecule has 0 spiro atoms. The molecule has 0 bridgehead atoms. The van der Waals surface area contributed by atoms with Gasteiger partial charge in [-0.25, -0.2) is 13.1 Å². The third-order valence-electron chi connectivity index (χ3n) is 6.77. The first-order valence-electron chi connectivity index (χ1n) is 11.4. The Hall–Kier alpha value is -2.44. The lowest BCUT2D eigenvalue weighted by Gasteiger charge is -2.36. The highest BCUT2D eigenvalue weighted by atomic mass is 32.2. The minimum Gasteiger partial charge on any atom is -0.307 e. The summed E-state index contributed by atoms with van der Waals surface area (Å²) in [6.07, 6.45) is 12.2. The van der Waals surface area contributed by atoms with E-state index in [9.17, 15) is 13.2 Å². The Labute approximate surface area is 191 Å². The summed E-state index contributed by atoms with van der Waals surface area (Å²) >= 11 is 0. The zero-order chi connectivity index (χ0) is 22.7. The fourth-order valence-corrected chi connectivity index (χ4v) is 5.68. The van der Waals surface area contributed by atoms with Gasteiger partial charge in [0, 0.05) is 17.7 Å². The molecule has 1 amide bonds. The molecular formula is C26H32N2O3S. The van der Waals surface area contributed by atoms with E-state index in [0.29, 0.717) is 23.5 Å². The maximum atomic E-state index is 12.1. The summed E-state index contributed by atoms with van der Waals surface area (Å²) in [5, 5.41) is 6.46. The lowest BCUT2D eigenvalue weighted by atomic mass is 9.75. The predicted molar refractivity (Wildman–Crippen MR) is 130 cm³/mol. The van der Waals surface area contributed by atoms with Gasteiger partial charge in [-0.15, -0.1) is 0 Å². The van der Waals surface area contributed by atoms with Crippen LogP contribution in [0.1, 0.15) is 50.6 Å². The average molecular weight is 453 g/mol. The number of allylic oxidation sites excluding steroid dienone is 2. The molecule has 1 saturated carbocycles. The van der Waals surface area contributed by atoms with Crippen molar-refractivity contribution < 1.29 is 13.2 Å². The van der Waals surface area contributed by atoms with Gasteiger partial charge < -0.3 is 5.32 Å². The summed E-state index contributed by atoms with van der Waals surface area (Å²) in [7, 11) is -3.54. The average Bonchev–Trinajstić information content (AvgIpc) is 2.78. The molecule has 6 heteroatoms.